The number of benzene rings is 2. The zero-order chi connectivity index (χ0) is 33.9. The smallest absolute Gasteiger partial charge is 0.407 e. The third-order valence-corrected chi connectivity index (χ3v) is 9.79. The van der Waals surface area contributed by atoms with Gasteiger partial charge in [-0.15, -0.1) is 0 Å². The van der Waals surface area contributed by atoms with Gasteiger partial charge in [0.25, 0.3) is 0 Å². The Bertz CT molecular complexity index is 1520. The molecular formula is C39H49N3O5. The van der Waals surface area contributed by atoms with Gasteiger partial charge in [-0.25, -0.2) is 4.79 Å². The van der Waals surface area contributed by atoms with Crippen LogP contribution in [0, 0.1) is 17.3 Å². The number of nitrogens with one attached hydrogen (secondary N) is 1. The van der Waals surface area contributed by atoms with Crippen LogP contribution in [-0.4, -0.2) is 66.5 Å². The van der Waals surface area contributed by atoms with E-state index >= 15 is 0 Å². The van der Waals surface area contributed by atoms with Crippen molar-refractivity contribution in [3.05, 3.63) is 71.8 Å². The standard InChI is InChI=1S/C39H49N3O5/c1-7-12-26(35(40-6)34(44)20-25-17-18-25)21-33(43)32-19-24(2)22-42(32)37(45)36(39(3,4)5)41-38(46)47-23-31-29-15-10-8-13-27(29)28-14-9-11-16-30(28)31/h8-11,13-16,25-26,31-32,36H,2,7,12,17-23H2,1,3-6H3,(H,41,46)/t26-,32+,36?/m1/s1. The predicted molar refractivity (Wildman–Crippen MR) is 184 cm³/mol. The van der Waals surface area contributed by atoms with E-state index in [4.69, 9.17) is 4.74 Å². The summed E-state index contributed by atoms with van der Waals surface area (Å²) in [6.07, 6.45) is 3.93. The Balaban J connectivity index is 1.27. The van der Waals surface area contributed by atoms with Gasteiger partial charge in [0.2, 0.25) is 5.91 Å². The van der Waals surface area contributed by atoms with Crippen molar-refractivity contribution in [1.29, 1.82) is 0 Å². The van der Waals surface area contributed by atoms with Crippen LogP contribution in [0.15, 0.2) is 65.7 Å². The van der Waals surface area contributed by atoms with Crippen molar-refractivity contribution >= 4 is 29.3 Å². The number of Topliss-reactive ketones (excluding diaryl/α,β-unsaturated/α-hetero) is 2. The third kappa shape index (κ3) is 7.74. The second-order valence-corrected chi connectivity index (χ2v) is 14.5. The highest BCUT2D eigenvalue weighted by Crippen LogP contribution is 2.44. The minimum atomic E-state index is -0.932. The third-order valence-electron chi connectivity index (χ3n) is 9.79. The molecule has 0 spiro atoms. The number of amides is 2. The fourth-order valence-electron chi connectivity index (χ4n) is 7.18. The van der Waals surface area contributed by atoms with Crippen LogP contribution in [0.2, 0.25) is 0 Å². The molecule has 0 aromatic heterocycles. The van der Waals surface area contributed by atoms with Crippen molar-refractivity contribution < 1.29 is 23.9 Å². The quantitative estimate of drug-likeness (QED) is 0.189. The molecular weight excluding hydrogens is 590 g/mol. The summed E-state index contributed by atoms with van der Waals surface area (Å²) in [7, 11) is 1.63. The average molecular weight is 640 g/mol. The molecule has 5 rings (SSSR count). The van der Waals surface area contributed by atoms with Crippen LogP contribution in [0.3, 0.4) is 0 Å². The van der Waals surface area contributed by atoms with E-state index in [-0.39, 0.29) is 48.9 Å². The fraction of sp³-hybridized carbons (Fsp3) is 0.513. The minimum Gasteiger partial charge on any atom is -0.449 e. The maximum absolute atomic E-state index is 14.2. The molecule has 3 atom stereocenters. The van der Waals surface area contributed by atoms with Crippen LogP contribution >= 0.6 is 0 Å². The summed E-state index contributed by atoms with van der Waals surface area (Å²) in [5.74, 6) is -0.377. The topological polar surface area (TPSA) is 105 Å². The number of carbonyl (C=O) groups excluding carboxylic acids is 4. The summed E-state index contributed by atoms with van der Waals surface area (Å²) in [6.45, 7) is 12.2. The number of aliphatic imine (C=N–C) groups is 1. The molecule has 1 aliphatic heterocycles. The number of carbonyl (C=O) groups is 4. The molecule has 1 heterocycles. The van der Waals surface area contributed by atoms with Crippen molar-refractivity contribution in [3.8, 4) is 11.1 Å². The molecule has 2 aliphatic carbocycles. The van der Waals surface area contributed by atoms with E-state index in [9.17, 15) is 19.2 Å². The first-order chi connectivity index (χ1) is 22.4. The highest BCUT2D eigenvalue weighted by Gasteiger charge is 2.44. The number of rotatable bonds is 13. The molecule has 1 saturated carbocycles. The fourth-order valence-corrected chi connectivity index (χ4v) is 7.18. The summed E-state index contributed by atoms with van der Waals surface area (Å²) in [4.78, 5) is 60.4. The molecule has 2 fully saturated rings. The lowest BCUT2D eigenvalue weighted by Crippen LogP contribution is -2.57. The van der Waals surface area contributed by atoms with Gasteiger partial charge in [0.15, 0.2) is 11.6 Å². The van der Waals surface area contributed by atoms with Gasteiger partial charge in [-0.2, -0.15) is 0 Å². The lowest BCUT2D eigenvalue weighted by Gasteiger charge is -2.35. The molecule has 250 valence electrons. The minimum absolute atomic E-state index is 0.0325. The highest BCUT2D eigenvalue weighted by atomic mass is 16.5. The molecule has 0 bridgehead atoms. The van der Waals surface area contributed by atoms with Crippen LogP contribution in [-0.2, 0) is 19.1 Å². The summed E-state index contributed by atoms with van der Waals surface area (Å²) >= 11 is 0. The molecule has 47 heavy (non-hydrogen) atoms. The number of likely N-dealkylation sites (tertiary alicyclic amines) is 1. The van der Waals surface area contributed by atoms with Gasteiger partial charge in [-0.1, -0.05) is 94.8 Å². The number of hydrogen-bond donors (Lipinski definition) is 1. The van der Waals surface area contributed by atoms with Gasteiger partial charge in [-0.3, -0.25) is 19.4 Å². The maximum atomic E-state index is 14.2. The van der Waals surface area contributed by atoms with Crippen LogP contribution in [0.5, 0.6) is 0 Å². The Hall–Kier alpha value is -4.07. The summed E-state index contributed by atoms with van der Waals surface area (Å²) in [6, 6.07) is 14.6. The predicted octanol–water partition coefficient (Wildman–Crippen LogP) is 6.91. The van der Waals surface area contributed by atoms with E-state index in [2.05, 4.69) is 41.2 Å². The number of alkyl carbamates (subject to hydrolysis) is 1. The Morgan fingerprint density at radius 2 is 1.64 bits per heavy atom. The second-order valence-electron chi connectivity index (χ2n) is 14.5. The first kappa shape index (κ1) is 34.3. The second kappa shape index (κ2) is 14.4. The molecule has 8 heteroatoms. The van der Waals surface area contributed by atoms with Crippen LogP contribution in [0.1, 0.15) is 89.7 Å². The van der Waals surface area contributed by atoms with Crippen LogP contribution < -0.4 is 5.32 Å². The zero-order valence-corrected chi connectivity index (χ0v) is 28.5. The van der Waals surface area contributed by atoms with Crippen molar-refractivity contribution in [2.24, 2.45) is 22.2 Å². The van der Waals surface area contributed by atoms with Gasteiger partial charge in [-0.05, 0) is 59.3 Å². The van der Waals surface area contributed by atoms with E-state index < -0.39 is 23.6 Å². The van der Waals surface area contributed by atoms with Crippen molar-refractivity contribution in [3.63, 3.8) is 0 Å². The van der Waals surface area contributed by atoms with Crippen molar-refractivity contribution in [2.45, 2.75) is 90.6 Å². The molecule has 1 N–H and O–H groups in total. The summed E-state index contributed by atoms with van der Waals surface area (Å²) < 4.78 is 5.80. The molecule has 8 nitrogen and oxygen atoms in total. The van der Waals surface area contributed by atoms with E-state index in [0.29, 0.717) is 30.9 Å². The SMILES string of the molecule is C=C1C[C@@H](C(=O)C[C@@H](CCC)C(=NC)C(=O)CC2CC2)N(C(=O)C(NC(=O)OCC2c3ccccc3-c3ccccc32)C(C)(C)C)C1. The molecule has 2 aromatic carbocycles. The average Bonchev–Trinajstić information content (AvgIpc) is 3.67. The summed E-state index contributed by atoms with van der Waals surface area (Å²) in [5, 5.41) is 2.85. The number of ether oxygens (including phenoxy) is 1. The van der Waals surface area contributed by atoms with Crippen molar-refractivity contribution in [2.75, 3.05) is 20.2 Å². The zero-order valence-electron chi connectivity index (χ0n) is 28.5. The number of hydrogen-bond acceptors (Lipinski definition) is 6. The number of ketones is 2. The monoisotopic (exact) mass is 639 g/mol. The van der Waals surface area contributed by atoms with Gasteiger partial charge in [0.1, 0.15) is 12.6 Å². The molecule has 2 amide bonds. The largest absolute Gasteiger partial charge is 0.449 e. The van der Waals surface area contributed by atoms with Crippen molar-refractivity contribution in [1.82, 2.24) is 10.2 Å². The number of fused-ring (bicyclic) bond motifs is 3. The van der Waals surface area contributed by atoms with E-state index in [0.717, 1.165) is 47.1 Å². The van der Waals surface area contributed by atoms with Gasteiger partial charge < -0.3 is 15.0 Å². The number of nitrogens with zero attached hydrogens (tertiary/aromatic N) is 2. The van der Waals surface area contributed by atoms with E-state index in [1.807, 2.05) is 52.0 Å². The first-order valence-corrected chi connectivity index (χ1v) is 17.0. The maximum Gasteiger partial charge on any atom is 0.407 e. The lowest BCUT2D eigenvalue weighted by molar-refractivity contribution is -0.141. The normalized spacial score (nSPS) is 19.2. The van der Waals surface area contributed by atoms with Crippen LogP contribution in [0.25, 0.3) is 11.1 Å². The first-order valence-electron chi connectivity index (χ1n) is 17.0. The Morgan fingerprint density at radius 1 is 1.02 bits per heavy atom. The molecule has 2 aromatic rings. The molecule has 0 radical (unpaired) electrons. The Morgan fingerprint density at radius 3 is 2.19 bits per heavy atom. The molecule has 1 unspecified atom stereocenters. The Kier molecular flexibility index (Phi) is 10.5. The Labute approximate surface area is 279 Å². The molecule has 3 aliphatic rings. The van der Waals surface area contributed by atoms with Crippen LogP contribution in [0.4, 0.5) is 4.79 Å². The van der Waals surface area contributed by atoms with E-state index in [1.165, 1.54) is 0 Å². The van der Waals surface area contributed by atoms with Gasteiger partial charge >= 0.3 is 6.09 Å². The summed E-state index contributed by atoms with van der Waals surface area (Å²) in [5.41, 5.74) is 5.09. The highest BCUT2D eigenvalue weighted by molar-refractivity contribution is 6.41. The van der Waals surface area contributed by atoms with Gasteiger partial charge in [0, 0.05) is 38.3 Å². The lowest BCUT2D eigenvalue weighted by atomic mass is 9.84. The molecule has 1 saturated heterocycles. The van der Waals surface area contributed by atoms with E-state index in [1.54, 1.807) is 11.9 Å². The van der Waals surface area contributed by atoms with Gasteiger partial charge in [0.05, 0.1) is 11.8 Å².